The lowest BCUT2D eigenvalue weighted by Crippen LogP contribution is -2.38. The molecule has 1 aliphatic rings. The second kappa shape index (κ2) is 5.81. The number of aromatic nitrogens is 1. The Morgan fingerprint density at radius 3 is 2.81 bits per heavy atom. The summed E-state index contributed by atoms with van der Waals surface area (Å²) in [5.41, 5.74) is 0.517. The number of piperidine rings is 1. The summed E-state index contributed by atoms with van der Waals surface area (Å²) in [7, 11) is 0. The first kappa shape index (κ1) is 14.0. The Bertz CT molecular complexity index is 680. The van der Waals surface area contributed by atoms with E-state index in [9.17, 15) is 13.6 Å². The molecular weight excluding hydrogens is 278 g/mol. The first-order valence-electron chi connectivity index (χ1n) is 6.97. The van der Waals surface area contributed by atoms with Crippen LogP contribution in [-0.2, 0) is 6.42 Å². The van der Waals surface area contributed by atoms with Crippen molar-refractivity contribution in [3.63, 3.8) is 0 Å². The van der Waals surface area contributed by atoms with Gasteiger partial charge in [0.15, 0.2) is 11.6 Å². The zero-order chi connectivity index (χ0) is 14.8. The van der Waals surface area contributed by atoms with E-state index in [1.807, 2.05) is 0 Å². The standard InChI is InChI=1S/C15H16F2N2O2/c16-12-2-1-9(6-13(12)17)5-11-7-10(3-4-18-11)14-8-15(20)19-21-14/h1-2,6,8,10-11,18H,3-5,7H2,(H,19,20)/t10-,11+/m1/s1. The number of H-pyrrole nitrogens is 1. The van der Waals surface area contributed by atoms with Crippen LogP contribution >= 0.6 is 0 Å². The van der Waals surface area contributed by atoms with E-state index in [-0.39, 0.29) is 17.5 Å². The minimum Gasteiger partial charge on any atom is -0.383 e. The van der Waals surface area contributed by atoms with Crippen molar-refractivity contribution >= 4 is 0 Å². The van der Waals surface area contributed by atoms with Crippen molar-refractivity contribution in [3.8, 4) is 0 Å². The molecule has 1 fully saturated rings. The minimum absolute atomic E-state index is 0.147. The lowest BCUT2D eigenvalue weighted by molar-refractivity contribution is 0.292. The van der Waals surface area contributed by atoms with Gasteiger partial charge in [-0.1, -0.05) is 6.07 Å². The van der Waals surface area contributed by atoms with Crippen LogP contribution in [0.15, 0.2) is 33.6 Å². The molecule has 2 heterocycles. The molecule has 0 aliphatic carbocycles. The first-order chi connectivity index (χ1) is 10.1. The number of aromatic amines is 1. The average molecular weight is 294 g/mol. The lowest BCUT2D eigenvalue weighted by Gasteiger charge is -2.29. The SMILES string of the molecule is O=c1cc([C@@H]2CCN[C@@H](Cc3ccc(F)c(F)c3)C2)o[nH]1. The summed E-state index contributed by atoms with van der Waals surface area (Å²) in [6.07, 6.45) is 2.29. The molecule has 1 aromatic heterocycles. The van der Waals surface area contributed by atoms with Gasteiger partial charge in [0.25, 0.3) is 5.56 Å². The van der Waals surface area contributed by atoms with Gasteiger partial charge in [-0.15, -0.1) is 0 Å². The van der Waals surface area contributed by atoms with E-state index < -0.39 is 11.6 Å². The largest absolute Gasteiger partial charge is 0.383 e. The van der Waals surface area contributed by atoms with Crippen LogP contribution in [0.1, 0.15) is 30.1 Å². The fraction of sp³-hybridized carbons (Fsp3) is 0.400. The molecule has 0 saturated carbocycles. The molecule has 0 spiro atoms. The summed E-state index contributed by atoms with van der Waals surface area (Å²) in [5, 5.41) is 5.66. The van der Waals surface area contributed by atoms with Gasteiger partial charge in [0, 0.05) is 18.0 Å². The third kappa shape index (κ3) is 3.21. The number of halogens is 2. The highest BCUT2D eigenvalue weighted by Gasteiger charge is 2.25. The molecule has 2 aromatic rings. The molecule has 1 aliphatic heterocycles. The summed E-state index contributed by atoms with van der Waals surface area (Å²) in [5.74, 6) is -0.823. The molecule has 112 valence electrons. The lowest BCUT2D eigenvalue weighted by atomic mass is 9.87. The van der Waals surface area contributed by atoms with Crippen molar-refractivity contribution in [2.45, 2.75) is 31.2 Å². The van der Waals surface area contributed by atoms with Crippen LogP contribution in [0.5, 0.6) is 0 Å². The molecule has 0 amide bonds. The third-order valence-electron chi connectivity index (χ3n) is 3.91. The van der Waals surface area contributed by atoms with Crippen molar-refractivity contribution in [1.82, 2.24) is 10.5 Å². The van der Waals surface area contributed by atoms with E-state index in [1.54, 1.807) is 6.07 Å². The van der Waals surface area contributed by atoms with Gasteiger partial charge in [-0.25, -0.2) is 8.78 Å². The Kier molecular flexibility index (Phi) is 3.88. The zero-order valence-corrected chi connectivity index (χ0v) is 11.4. The number of hydrogen-bond acceptors (Lipinski definition) is 3. The molecule has 1 aromatic carbocycles. The van der Waals surface area contributed by atoms with Crippen molar-refractivity contribution in [3.05, 3.63) is 57.6 Å². The highest BCUT2D eigenvalue weighted by atomic mass is 19.2. The Labute approximate surface area is 120 Å². The minimum atomic E-state index is -0.831. The van der Waals surface area contributed by atoms with Gasteiger partial charge >= 0.3 is 0 Å². The van der Waals surface area contributed by atoms with Gasteiger partial charge in [-0.2, -0.15) is 5.16 Å². The number of benzene rings is 1. The van der Waals surface area contributed by atoms with Crippen LogP contribution in [0.25, 0.3) is 0 Å². The maximum Gasteiger partial charge on any atom is 0.280 e. The highest BCUT2D eigenvalue weighted by Crippen LogP contribution is 2.28. The highest BCUT2D eigenvalue weighted by molar-refractivity contribution is 5.19. The molecule has 3 rings (SSSR count). The number of nitrogens with one attached hydrogen (secondary N) is 2. The molecular formula is C15H16F2N2O2. The number of rotatable bonds is 3. The van der Waals surface area contributed by atoms with Crippen LogP contribution in [0.4, 0.5) is 8.78 Å². The smallest absolute Gasteiger partial charge is 0.280 e. The molecule has 0 unspecified atom stereocenters. The summed E-state index contributed by atoms with van der Waals surface area (Å²) in [6.45, 7) is 0.800. The Hall–Kier alpha value is -1.95. The van der Waals surface area contributed by atoms with Crippen LogP contribution in [0, 0.1) is 11.6 Å². The van der Waals surface area contributed by atoms with Crippen LogP contribution in [-0.4, -0.2) is 17.7 Å². The second-order valence-electron chi connectivity index (χ2n) is 5.44. The van der Waals surface area contributed by atoms with Gasteiger partial charge in [0.05, 0.1) is 0 Å². The second-order valence-corrected chi connectivity index (χ2v) is 5.44. The topological polar surface area (TPSA) is 58.0 Å². The van der Waals surface area contributed by atoms with E-state index in [4.69, 9.17) is 4.52 Å². The zero-order valence-electron chi connectivity index (χ0n) is 11.4. The molecule has 6 heteroatoms. The van der Waals surface area contributed by atoms with Gasteiger partial charge in [-0.05, 0) is 43.5 Å². The van der Waals surface area contributed by atoms with Gasteiger partial charge < -0.3 is 9.84 Å². The van der Waals surface area contributed by atoms with Crippen LogP contribution in [0.3, 0.4) is 0 Å². The fourth-order valence-electron chi connectivity index (χ4n) is 2.87. The van der Waals surface area contributed by atoms with E-state index >= 15 is 0 Å². The average Bonchev–Trinajstić information content (AvgIpc) is 2.90. The van der Waals surface area contributed by atoms with Crippen LogP contribution in [0.2, 0.25) is 0 Å². The fourth-order valence-corrected chi connectivity index (χ4v) is 2.87. The summed E-state index contributed by atoms with van der Waals surface area (Å²) in [4.78, 5) is 11.1. The predicted octanol–water partition coefficient (Wildman–Crippen LogP) is 2.32. The van der Waals surface area contributed by atoms with E-state index in [2.05, 4.69) is 10.5 Å². The molecule has 0 radical (unpaired) electrons. The first-order valence-corrected chi connectivity index (χ1v) is 6.97. The molecule has 4 nitrogen and oxygen atoms in total. The van der Waals surface area contributed by atoms with Crippen molar-refractivity contribution in [1.29, 1.82) is 0 Å². The molecule has 21 heavy (non-hydrogen) atoms. The maximum atomic E-state index is 13.2. The molecule has 0 bridgehead atoms. The molecule has 2 atom stereocenters. The van der Waals surface area contributed by atoms with Crippen LogP contribution < -0.4 is 10.9 Å². The Balaban J connectivity index is 1.68. The van der Waals surface area contributed by atoms with Gasteiger partial charge in [-0.3, -0.25) is 4.79 Å². The third-order valence-corrected chi connectivity index (χ3v) is 3.91. The maximum absolute atomic E-state index is 13.2. The van der Waals surface area contributed by atoms with Gasteiger partial charge in [0.2, 0.25) is 0 Å². The molecule has 2 N–H and O–H groups in total. The normalized spacial score (nSPS) is 22.4. The van der Waals surface area contributed by atoms with Crippen molar-refractivity contribution < 1.29 is 13.3 Å². The summed E-state index contributed by atoms with van der Waals surface area (Å²) >= 11 is 0. The van der Waals surface area contributed by atoms with Crippen molar-refractivity contribution in [2.24, 2.45) is 0 Å². The van der Waals surface area contributed by atoms with E-state index in [0.717, 1.165) is 31.0 Å². The molecule has 1 saturated heterocycles. The predicted molar refractivity (Wildman–Crippen MR) is 73.2 cm³/mol. The summed E-state index contributed by atoms with van der Waals surface area (Å²) in [6, 6.07) is 5.60. The van der Waals surface area contributed by atoms with E-state index in [1.165, 1.54) is 12.1 Å². The van der Waals surface area contributed by atoms with Crippen molar-refractivity contribution in [2.75, 3.05) is 6.54 Å². The number of hydrogen-bond donors (Lipinski definition) is 2. The Morgan fingerprint density at radius 1 is 1.24 bits per heavy atom. The summed E-state index contributed by atoms with van der Waals surface area (Å²) < 4.78 is 31.3. The quantitative estimate of drug-likeness (QED) is 0.913. The Morgan fingerprint density at radius 2 is 2.10 bits per heavy atom. The van der Waals surface area contributed by atoms with Gasteiger partial charge in [0.1, 0.15) is 5.76 Å². The van der Waals surface area contributed by atoms with E-state index in [0.29, 0.717) is 12.2 Å². The monoisotopic (exact) mass is 294 g/mol.